The Morgan fingerprint density at radius 2 is 2.00 bits per heavy atom. The monoisotopic (exact) mass is 447 g/mol. The van der Waals surface area contributed by atoms with Gasteiger partial charge in [-0.3, -0.25) is 9.78 Å². The van der Waals surface area contributed by atoms with Gasteiger partial charge in [-0.25, -0.2) is 0 Å². The van der Waals surface area contributed by atoms with Crippen molar-refractivity contribution in [3.63, 3.8) is 0 Å². The van der Waals surface area contributed by atoms with E-state index in [1.54, 1.807) is 13.2 Å². The molecule has 0 radical (unpaired) electrons. The van der Waals surface area contributed by atoms with Gasteiger partial charge in [-0.15, -0.1) is 0 Å². The van der Waals surface area contributed by atoms with E-state index in [1.165, 1.54) is 0 Å². The van der Waals surface area contributed by atoms with Gasteiger partial charge in [0.25, 0.3) is 0 Å². The molecule has 4 rings (SSSR count). The van der Waals surface area contributed by atoms with Crippen molar-refractivity contribution in [2.45, 2.75) is 51.7 Å². The van der Waals surface area contributed by atoms with E-state index in [9.17, 15) is 9.90 Å². The fourth-order valence-corrected chi connectivity index (χ4v) is 4.01. The summed E-state index contributed by atoms with van der Waals surface area (Å²) in [6.45, 7) is 6.18. The number of benzene rings is 2. The number of hydrogen-bond acceptors (Lipinski definition) is 6. The number of fused-ring (bicyclic) bond motifs is 1. The zero-order valence-electron chi connectivity index (χ0n) is 19.4. The van der Waals surface area contributed by atoms with Crippen LogP contribution in [-0.2, 0) is 9.53 Å². The van der Waals surface area contributed by atoms with E-state index in [2.05, 4.69) is 13.8 Å². The van der Waals surface area contributed by atoms with Gasteiger partial charge in [0.05, 0.1) is 30.8 Å². The number of esters is 1. The number of nitrogens with zero attached hydrogens (tertiary/aromatic N) is 1. The highest BCUT2D eigenvalue weighted by atomic mass is 16.5. The molecule has 1 aliphatic heterocycles. The number of hydrogen-bond donors (Lipinski definition) is 1. The summed E-state index contributed by atoms with van der Waals surface area (Å²) in [4.78, 5) is 16.7. The normalized spacial score (nSPS) is 18.7. The van der Waals surface area contributed by atoms with Crippen LogP contribution in [0.3, 0.4) is 0 Å². The van der Waals surface area contributed by atoms with Crippen LogP contribution in [0.5, 0.6) is 17.2 Å². The molecule has 6 heteroatoms. The van der Waals surface area contributed by atoms with Gasteiger partial charge in [-0.2, -0.15) is 0 Å². The minimum atomic E-state index is -0.701. The summed E-state index contributed by atoms with van der Waals surface area (Å²) in [5, 5.41) is 10.8. The lowest BCUT2D eigenvalue weighted by Crippen LogP contribution is -2.31. The first kappa shape index (κ1) is 22.8. The maximum absolute atomic E-state index is 11.8. The van der Waals surface area contributed by atoms with Crippen LogP contribution in [0, 0.1) is 6.92 Å². The van der Waals surface area contributed by atoms with Crippen molar-refractivity contribution >= 4 is 22.9 Å². The van der Waals surface area contributed by atoms with Crippen LogP contribution < -0.4 is 9.47 Å². The third kappa shape index (κ3) is 5.17. The van der Waals surface area contributed by atoms with Gasteiger partial charge in [0.15, 0.2) is 0 Å². The summed E-state index contributed by atoms with van der Waals surface area (Å²) < 4.78 is 17.3. The molecule has 6 nitrogen and oxygen atoms in total. The summed E-state index contributed by atoms with van der Waals surface area (Å²) in [7, 11) is 1.63. The van der Waals surface area contributed by atoms with Crippen molar-refractivity contribution in [1.82, 2.24) is 4.98 Å². The van der Waals surface area contributed by atoms with Gasteiger partial charge in [0, 0.05) is 17.4 Å². The molecule has 0 spiro atoms. The third-order valence-electron chi connectivity index (χ3n) is 5.63. The Bertz CT molecular complexity index is 1200. The van der Waals surface area contributed by atoms with Crippen molar-refractivity contribution in [3.8, 4) is 17.2 Å². The summed E-state index contributed by atoms with van der Waals surface area (Å²) >= 11 is 0. The van der Waals surface area contributed by atoms with E-state index < -0.39 is 18.2 Å². The number of aliphatic hydroxyl groups is 1. The lowest BCUT2D eigenvalue weighted by molar-refractivity contribution is -0.156. The Morgan fingerprint density at radius 1 is 1.18 bits per heavy atom. The molecule has 3 aromatic rings. The highest BCUT2D eigenvalue weighted by molar-refractivity contribution is 5.91. The number of carbonyl (C=O) groups is 1. The number of carbonyl (C=O) groups excluding carboxylic acids is 1. The first-order valence-electron chi connectivity index (χ1n) is 11.2. The molecule has 1 aromatic heterocycles. The van der Waals surface area contributed by atoms with Crippen molar-refractivity contribution in [2.75, 3.05) is 7.11 Å². The lowest BCUT2D eigenvalue weighted by atomic mass is 9.98. The van der Waals surface area contributed by atoms with E-state index in [0.29, 0.717) is 23.7 Å². The quantitative estimate of drug-likeness (QED) is 0.500. The topological polar surface area (TPSA) is 77.9 Å². The van der Waals surface area contributed by atoms with Crippen LogP contribution >= 0.6 is 0 Å². The minimum absolute atomic E-state index is 0.0284. The molecule has 0 bridgehead atoms. The molecule has 1 fully saturated rings. The summed E-state index contributed by atoms with van der Waals surface area (Å²) in [6.07, 6.45) is 2.88. The maximum Gasteiger partial charge on any atom is 0.309 e. The highest BCUT2D eigenvalue weighted by Gasteiger charge is 2.26. The minimum Gasteiger partial charge on any atom is -0.497 e. The first-order chi connectivity index (χ1) is 15.8. The Labute approximate surface area is 193 Å². The number of aromatic nitrogens is 1. The number of rotatable bonds is 6. The molecule has 2 heterocycles. The summed E-state index contributed by atoms with van der Waals surface area (Å²) in [5.74, 6) is 1.80. The van der Waals surface area contributed by atoms with Crippen LogP contribution in [0.25, 0.3) is 17.0 Å². The zero-order valence-corrected chi connectivity index (χ0v) is 19.4. The van der Waals surface area contributed by atoms with Crippen molar-refractivity contribution in [1.29, 1.82) is 0 Å². The van der Waals surface area contributed by atoms with Crippen LogP contribution in [0.15, 0.2) is 48.5 Å². The first-order valence-corrected chi connectivity index (χ1v) is 11.2. The van der Waals surface area contributed by atoms with Crippen LogP contribution in [0.1, 0.15) is 49.4 Å². The Balaban J connectivity index is 1.88. The standard InChI is InChI=1S/C27H29NO5/c1-16(2)26-22(10-8-21-13-18(29)14-25(30)32-21)27(33-20-7-5-6-17(3)12-20)23-15-19(31-4)9-11-24(23)28-26/h5-12,15-16,18,21,29H,13-14H2,1-4H3/b10-8+/t18-,21-/m1/s1. The van der Waals surface area contributed by atoms with Gasteiger partial charge >= 0.3 is 5.97 Å². The number of aliphatic hydroxyl groups excluding tert-OH is 1. The van der Waals surface area contributed by atoms with Gasteiger partial charge in [-0.05, 0) is 60.9 Å². The predicted octanol–water partition coefficient (Wildman–Crippen LogP) is 5.55. The fourth-order valence-electron chi connectivity index (χ4n) is 4.01. The van der Waals surface area contributed by atoms with E-state index in [0.717, 1.165) is 27.7 Å². The van der Waals surface area contributed by atoms with Gasteiger partial charge in [-0.1, -0.05) is 26.0 Å². The molecular weight excluding hydrogens is 418 g/mol. The Kier molecular flexibility index (Phi) is 6.65. The molecule has 1 aliphatic rings. The summed E-state index contributed by atoms with van der Waals surface area (Å²) in [6, 6.07) is 13.6. The number of methoxy groups -OCH3 is 1. The maximum atomic E-state index is 11.8. The number of ether oxygens (including phenoxy) is 3. The molecule has 33 heavy (non-hydrogen) atoms. The summed E-state index contributed by atoms with van der Waals surface area (Å²) in [5.41, 5.74) is 3.57. The second-order valence-corrected chi connectivity index (χ2v) is 8.68. The van der Waals surface area contributed by atoms with Crippen LogP contribution in [0.2, 0.25) is 0 Å². The molecule has 172 valence electrons. The van der Waals surface area contributed by atoms with Crippen molar-refractivity contribution < 1.29 is 24.1 Å². The zero-order chi connectivity index (χ0) is 23.5. The van der Waals surface area contributed by atoms with E-state index in [1.807, 2.05) is 55.5 Å². The van der Waals surface area contributed by atoms with Gasteiger partial charge in [0.2, 0.25) is 0 Å². The largest absolute Gasteiger partial charge is 0.497 e. The highest BCUT2D eigenvalue weighted by Crippen LogP contribution is 2.39. The molecule has 0 amide bonds. The molecule has 0 saturated carbocycles. The van der Waals surface area contributed by atoms with E-state index in [4.69, 9.17) is 19.2 Å². The molecule has 1 saturated heterocycles. The second-order valence-electron chi connectivity index (χ2n) is 8.68. The van der Waals surface area contributed by atoms with E-state index in [-0.39, 0.29) is 12.3 Å². The SMILES string of the molecule is COc1ccc2nc(C(C)C)c(/C=C/[C@@H]3C[C@@H](O)CC(=O)O3)c(Oc3cccc(C)c3)c2c1. The second kappa shape index (κ2) is 9.63. The van der Waals surface area contributed by atoms with Crippen molar-refractivity contribution in [2.24, 2.45) is 0 Å². The Morgan fingerprint density at radius 3 is 2.70 bits per heavy atom. The number of cyclic esters (lactones) is 1. The third-order valence-corrected chi connectivity index (χ3v) is 5.63. The molecular formula is C27H29NO5. The number of pyridine rings is 1. The van der Waals surface area contributed by atoms with Crippen LogP contribution in [-0.4, -0.2) is 35.4 Å². The number of aryl methyl sites for hydroxylation is 1. The molecule has 1 N–H and O–H groups in total. The van der Waals surface area contributed by atoms with Crippen LogP contribution in [0.4, 0.5) is 0 Å². The van der Waals surface area contributed by atoms with Gasteiger partial charge < -0.3 is 19.3 Å². The van der Waals surface area contributed by atoms with E-state index >= 15 is 0 Å². The lowest BCUT2D eigenvalue weighted by Gasteiger charge is -2.24. The molecule has 0 unspecified atom stereocenters. The smallest absolute Gasteiger partial charge is 0.309 e. The average molecular weight is 448 g/mol. The van der Waals surface area contributed by atoms with Crippen molar-refractivity contribution in [3.05, 3.63) is 65.4 Å². The predicted molar refractivity (Wildman–Crippen MR) is 128 cm³/mol. The average Bonchev–Trinajstić information content (AvgIpc) is 2.77. The fraction of sp³-hybridized carbons (Fsp3) is 0.333. The molecule has 2 aromatic carbocycles. The van der Waals surface area contributed by atoms with Gasteiger partial charge in [0.1, 0.15) is 23.4 Å². The molecule has 0 aliphatic carbocycles. The molecule has 2 atom stereocenters. The Hall–Kier alpha value is -3.38.